The minimum atomic E-state index is -1.77. The van der Waals surface area contributed by atoms with Gasteiger partial charge in [0.05, 0.1) is 11.9 Å². The fourth-order valence-corrected chi connectivity index (χ4v) is 1.29. The summed E-state index contributed by atoms with van der Waals surface area (Å²) in [5, 5.41) is 18.5. The number of aliphatic hydroxyl groups is 2. The van der Waals surface area contributed by atoms with Gasteiger partial charge in [-0.3, -0.25) is 4.99 Å². The number of aliphatic imine (C=N–C) groups is 1. The van der Waals surface area contributed by atoms with E-state index in [-0.39, 0.29) is 6.42 Å². The summed E-state index contributed by atoms with van der Waals surface area (Å²) in [4.78, 5) is 3.92. The molecule has 0 aliphatic carbocycles. The SMILES string of the molecule is OC1(O)C=Nc2ccccc2C1. The van der Waals surface area contributed by atoms with Crippen LogP contribution in [0.15, 0.2) is 29.3 Å². The Balaban J connectivity index is 2.46. The molecule has 0 saturated carbocycles. The molecule has 1 aliphatic heterocycles. The van der Waals surface area contributed by atoms with Crippen LogP contribution in [0.2, 0.25) is 0 Å². The number of rotatable bonds is 0. The normalized spacial score (nSPS) is 18.8. The Bertz CT molecular complexity index is 331. The summed E-state index contributed by atoms with van der Waals surface area (Å²) in [7, 11) is 0. The molecular weight excluding hydrogens is 154 g/mol. The number of benzene rings is 1. The van der Waals surface area contributed by atoms with Gasteiger partial charge < -0.3 is 10.2 Å². The molecule has 1 heterocycles. The molecule has 0 unspecified atom stereocenters. The van der Waals surface area contributed by atoms with Crippen molar-refractivity contribution in [2.24, 2.45) is 4.99 Å². The molecule has 0 bridgehead atoms. The van der Waals surface area contributed by atoms with Crippen molar-refractivity contribution < 1.29 is 10.2 Å². The van der Waals surface area contributed by atoms with E-state index in [1.165, 1.54) is 0 Å². The molecule has 0 amide bonds. The second-order valence-electron chi connectivity index (χ2n) is 2.94. The van der Waals surface area contributed by atoms with Crippen molar-refractivity contribution in [3.05, 3.63) is 29.8 Å². The zero-order chi connectivity index (χ0) is 8.60. The van der Waals surface area contributed by atoms with Crippen molar-refractivity contribution in [1.82, 2.24) is 0 Å². The summed E-state index contributed by atoms with van der Waals surface area (Å²) in [5.41, 5.74) is 1.68. The summed E-state index contributed by atoms with van der Waals surface area (Å²) in [6, 6.07) is 7.42. The highest BCUT2D eigenvalue weighted by molar-refractivity contribution is 5.74. The summed E-state index contributed by atoms with van der Waals surface area (Å²) in [6.07, 6.45) is 1.38. The highest BCUT2D eigenvalue weighted by Gasteiger charge is 2.25. The van der Waals surface area contributed by atoms with E-state index in [9.17, 15) is 10.2 Å². The molecule has 12 heavy (non-hydrogen) atoms. The molecule has 62 valence electrons. The van der Waals surface area contributed by atoms with E-state index in [4.69, 9.17) is 0 Å². The van der Waals surface area contributed by atoms with Crippen LogP contribution in [0.5, 0.6) is 0 Å². The van der Waals surface area contributed by atoms with Crippen molar-refractivity contribution in [3.8, 4) is 0 Å². The van der Waals surface area contributed by atoms with E-state index in [2.05, 4.69) is 4.99 Å². The van der Waals surface area contributed by atoms with Crippen LogP contribution in [0.1, 0.15) is 5.56 Å². The largest absolute Gasteiger partial charge is 0.361 e. The fraction of sp³-hybridized carbons (Fsp3) is 0.222. The third-order valence-electron chi connectivity index (χ3n) is 1.85. The first-order chi connectivity index (χ1) is 5.67. The van der Waals surface area contributed by atoms with Crippen LogP contribution < -0.4 is 0 Å². The zero-order valence-corrected chi connectivity index (χ0v) is 6.44. The number of fused-ring (bicyclic) bond motifs is 1. The first kappa shape index (κ1) is 7.46. The molecule has 3 heteroatoms. The van der Waals surface area contributed by atoms with E-state index < -0.39 is 5.79 Å². The maximum absolute atomic E-state index is 9.23. The predicted molar refractivity (Wildman–Crippen MR) is 45.5 cm³/mol. The molecule has 1 aromatic carbocycles. The van der Waals surface area contributed by atoms with E-state index in [0.29, 0.717) is 0 Å². The molecule has 0 radical (unpaired) electrons. The monoisotopic (exact) mass is 163 g/mol. The molecule has 3 nitrogen and oxygen atoms in total. The molecule has 2 rings (SSSR count). The van der Waals surface area contributed by atoms with E-state index in [1.807, 2.05) is 24.3 Å². The molecule has 1 aliphatic rings. The predicted octanol–water partition coefficient (Wildman–Crippen LogP) is 0.626. The summed E-state index contributed by atoms with van der Waals surface area (Å²) < 4.78 is 0. The highest BCUT2D eigenvalue weighted by atomic mass is 16.5. The lowest BCUT2D eigenvalue weighted by molar-refractivity contribution is -0.0935. The third kappa shape index (κ3) is 1.24. The van der Waals surface area contributed by atoms with Crippen molar-refractivity contribution in [2.45, 2.75) is 12.2 Å². The highest BCUT2D eigenvalue weighted by Crippen LogP contribution is 2.26. The standard InChI is InChI=1S/C9H9NO2/c11-9(12)5-7-3-1-2-4-8(7)10-6-9/h1-4,6,11-12H,5H2. The summed E-state index contributed by atoms with van der Waals surface area (Å²) >= 11 is 0. The first-order valence-electron chi connectivity index (χ1n) is 3.75. The minimum absolute atomic E-state index is 0.215. The third-order valence-corrected chi connectivity index (χ3v) is 1.85. The van der Waals surface area contributed by atoms with Gasteiger partial charge in [-0.05, 0) is 11.6 Å². The van der Waals surface area contributed by atoms with E-state index >= 15 is 0 Å². The smallest absolute Gasteiger partial charge is 0.204 e. The zero-order valence-electron chi connectivity index (χ0n) is 6.44. The molecule has 0 aromatic heterocycles. The molecule has 1 aromatic rings. The van der Waals surface area contributed by atoms with Gasteiger partial charge in [-0.25, -0.2) is 0 Å². The Morgan fingerprint density at radius 1 is 1.25 bits per heavy atom. The summed E-state index contributed by atoms with van der Waals surface area (Å²) in [6.45, 7) is 0. The van der Waals surface area contributed by atoms with Crippen LogP contribution in [0, 0.1) is 0 Å². The lowest BCUT2D eigenvalue weighted by atomic mass is 10.0. The van der Waals surface area contributed by atoms with Gasteiger partial charge in [-0.15, -0.1) is 0 Å². The first-order valence-corrected chi connectivity index (χ1v) is 3.75. The Morgan fingerprint density at radius 2 is 2.00 bits per heavy atom. The molecule has 2 N–H and O–H groups in total. The minimum Gasteiger partial charge on any atom is -0.361 e. The van der Waals surface area contributed by atoms with Gasteiger partial charge in [-0.2, -0.15) is 0 Å². The lowest BCUT2D eigenvalue weighted by Gasteiger charge is -2.21. The van der Waals surface area contributed by atoms with E-state index in [1.54, 1.807) is 0 Å². The number of nitrogens with zero attached hydrogens (tertiary/aromatic N) is 1. The second-order valence-corrected chi connectivity index (χ2v) is 2.94. The number of hydrogen-bond donors (Lipinski definition) is 2. The van der Waals surface area contributed by atoms with E-state index in [0.717, 1.165) is 17.5 Å². The van der Waals surface area contributed by atoms with Crippen molar-refractivity contribution >= 4 is 11.9 Å². The van der Waals surface area contributed by atoms with Gasteiger partial charge in [0.2, 0.25) is 5.79 Å². The lowest BCUT2D eigenvalue weighted by Crippen LogP contribution is -2.34. The van der Waals surface area contributed by atoms with Crippen LogP contribution in [-0.2, 0) is 6.42 Å². The topological polar surface area (TPSA) is 52.8 Å². The van der Waals surface area contributed by atoms with Gasteiger partial charge in [0.15, 0.2) is 0 Å². The van der Waals surface area contributed by atoms with Gasteiger partial charge >= 0.3 is 0 Å². The molecule has 0 spiro atoms. The molecule has 0 atom stereocenters. The van der Waals surface area contributed by atoms with Crippen LogP contribution in [0.25, 0.3) is 0 Å². The maximum atomic E-state index is 9.23. The average Bonchev–Trinajstić information content (AvgIpc) is 2.02. The fourth-order valence-electron chi connectivity index (χ4n) is 1.29. The second kappa shape index (κ2) is 2.40. The van der Waals surface area contributed by atoms with Crippen molar-refractivity contribution in [3.63, 3.8) is 0 Å². The van der Waals surface area contributed by atoms with Crippen LogP contribution >= 0.6 is 0 Å². The summed E-state index contributed by atoms with van der Waals surface area (Å²) in [5.74, 6) is -1.77. The molecule has 0 saturated heterocycles. The van der Waals surface area contributed by atoms with Gasteiger partial charge in [0, 0.05) is 6.42 Å². The Hall–Kier alpha value is -1.19. The molecular formula is C9H9NO2. The van der Waals surface area contributed by atoms with Crippen molar-refractivity contribution in [2.75, 3.05) is 0 Å². The Kier molecular flexibility index (Phi) is 1.49. The van der Waals surface area contributed by atoms with Gasteiger partial charge in [0.1, 0.15) is 0 Å². The van der Waals surface area contributed by atoms with Crippen LogP contribution in [-0.4, -0.2) is 22.2 Å². The van der Waals surface area contributed by atoms with Crippen molar-refractivity contribution in [1.29, 1.82) is 0 Å². The maximum Gasteiger partial charge on any atom is 0.204 e. The Morgan fingerprint density at radius 3 is 2.83 bits per heavy atom. The Labute approximate surface area is 70.0 Å². The molecule has 0 fully saturated rings. The van der Waals surface area contributed by atoms with Gasteiger partial charge in [-0.1, -0.05) is 18.2 Å². The average molecular weight is 163 g/mol. The van der Waals surface area contributed by atoms with Crippen LogP contribution in [0.3, 0.4) is 0 Å². The number of para-hydroxylation sites is 1. The van der Waals surface area contributed by atoms with Crippen LogP contribution in [0.4, 0.5) is 5.69 Å². The van der Waals surface area contributed by atoms with Gasteiger partial charge in [0.25, 0.3) is 0 Å². The quantitative estimate of drug-likeness (QED) is 0.551. The number of hydrogen-bond acceptors (Lipinski definition) is 3.